The zero-order chi connectivity index (χ0) is 11.2. The Morgan fingerprint density at radius 3 is 2.06 bits per heavy atom. The SMILES string of the molecule is CC1C[N+]1(C)N1CCC(N2CCCC2)CC1. The second kappa shape index (κ2) is 3.97. The van der Waals surface area contributed by atoms with Crippen LogP contribution in [0, 0.1) is 0 Å². The lowest BCUT2D eigenvalue weighted by atomic mass is 10.0. The van der Waals surface area contributed by atoms with Crippen LogP contribution in [0.4, 0.5) is 0 Å². The molecule has 0 radical (unpaired) electrons. The molecule has 0 N–H and O–H groups in total. The molecular formula is C13H26N3+. The Bertz CT molecular complexity index is 254. The number of hydrogen-bond acceptors (Lipinski definition) is 2. The summed E-state index contributed by atoms with van der Waals surface area (Å²) in [4.78, 5) is 2.74. The number of likely N-dealkylation sites (N-methyl/N-ethyl adjacent to an activating group) is 1. The van der Waals surface area contributed by atoms with E-state index in [2.05, 4.69) is 23.9 Å². The van der Waals surface area contributed by atoms with Gasteiger partial charge in [0, 0.05) is 19.1 Å². The summed E-state index contributed by atoms with van der Waals surface area (Å²) in [5.74, 6) is 0. The van der Waals surface area contributed by atoms with Gasteiger partial charge in [-0.2, -0.15) is 5.01 Å². The molecule has 0 aromatic heterocycles. The van der Waals surface area contributed by atoms with Gasteiger partial charge in [0.05, 0.1) is 7.05 Å². The minimum Gasteiger partial charge on any atom is -0.300 e. The summed E-state index contributed by atoms with van der Waals surface area (Å²) in [6.45, 7) is 9.13. The second-order valence-electron chi connectivity index (χ2n) is 6.17. The van der Waals surface area contributed by atoms with Crippen molar-refractivity contribution in [1.82, 2.24) is 9.91 Å². The van der Waals surface area contributed by atoms with Crippen LogP contribution in [-0.2, 0) is 0 Å². The molecule has 0 aliphatic carbocycles. The standard InChI is InChI=1S/C13H26N3/c1-12-11-16(12,2)15-9-5-13(6-10-15)14-7-3-4-8-14/h12-13H,3-11H2,1-2H3/q+1. The molecule has 2 atom stereocenters. The highest BCUT2D eigenvalue weighted by Gasteiger charge is 2.53. The Kier molecular flexibility index (Phi) is 2.73. The summed E-state index contributed by atoms with van der Waals surface area (Å²) in [5, 5.41) is 2.71. The lowest BCUT2D eigenvalue weighted by Crippen LogP contribution is -2.52. The average molecular weight is 224 g/mol. The minimum atomic E-state index is 0.878. The topological polar surface area (TPSA) is 6.48 Å². The molecule has 0 bridgehead atoms. The van der Waals surface area contributed by atoms with Crippen molar-refractivity contribution < 1.29 is 4.59 Å². The van der Waals surface area contributed by atoms with E-state index in [1.807, 2.05) is 0 Å². The van der Waals surface area contributed by atoms with Gasteiger partial charge < -0.3 is 4.90 Å². The van der Waals surface area contributed by atoms with Crippen LogP contribution in [0.5, 0.6) is 0 Å². The van der Waals surface area contributed by atoms with Crippen LogP contribution in [0.25, 0.3) is 0 Å². The van der Waals surface area contributed by atoms with Crippen LogP contribution in [-0.4, -0.2) is 66.4 Å². The summed E-state index contributed by atoms with van der Waals surface area (Å²) in [6, 6.07) is 1.78. The highest BCUT2D eigenvalue weighted by atomic mass is 15.8. The molecule has 3 nitrogen and oxygen atoms in total. The largest absolute Gasteiger partial charge is 0.300 e. The van der Waals surface area contributed by atoms with Crippen molar-refractivity contribution >= 4 is 0 Å². The molecule has 3 aliphatic heterocycles. The highest BCUT2D eigenvalue weighted by molar-refractivity contribution is 4.81. The molecule has 3 heterocycles. The van der Waals surface area contributed by atoms with E-state index in [1.54, 1.807) is 0 Å². The number of nitrogens with zero attached hydrogens (tertiary/aromatic N) is 3. The molecule has 0 amide bonds. The molecule has 3 fully saturated rings. The number of hydrogen-bond donors (Lipinski definition) is 0. The predicted octanol–water partition coefficient (Wildman–Crippen LogP) is 1.31. The summed E-state index contributed by atoms with van der Waals surface area (Å²) in [6.07, 6.45) is 5.68. The van der Waals surface area contributed by atoms with E-state index in [4.69, 9.17) is 0 Å². The summed E-state index contributed by atoms with van der Waals surface area (Å²) >= 11 is 0. The Hall–Kier alpha value is -0.120. The third-order valence-electron chi connectivity index (χ3n) is 5.19. The summed E-state index contributed by atoms with van der Waals surface area (Å²) < 4.78 is 1.23. The molecule has 16 heavy (non-hydrogen) atoms. The quantitative estimate of drug-likeness (QED) is 0.515. The van der Waals surface area contributed by atoms with Gasteiger partial charge in [0.25, 0.3) is 0 Å². The van der Waals surface area contributed by atoms with Gasteiger partial charge in [-0.1, -0.05) is 0 Å². The van der Waals surface area contributed by atoms with Crippen LogP contribution in [0.2, 0.25) is 0 Å². The van der Waals surface area contributed by atoms with Crippen molar-refractivity contribution in [2.75, 3.05) is 39.8 Å². The van der Waals surface area contributed by atoms with Crippen LogP contribution in [0.3, 0.4) is 0 Å². The molecule has 0 aromatic rings. The van der Waals surface area contributed by atoms with Crippen molar-refractivity contribution in [2.24, 2.45) is 0 Å². The van der Waals surface area contributed by atoms with Crippen LogP contribution in [0.15, 0.2) is 0 Å². The molecule has 0 spiro atoms. The maximum absolute atomic E-state index is 2.74. The van der Waals surface area contributed by atoms with E-state index in [9.17, 15) is 0 Å². The molecule has 0 saturated carbocycles. The van der Waals surface area contributed by atoms with Crippen molar-refractivity contribution in [1.29, 1.82) is 0 Å². The van der Waals surface area contributed by atoms with Crippen molar-refractivity contribution in [3.8, 4) is 0 Å². The fourth-order valence-corrected chi connectivity index (χ4v) is 3.66. The predicted molar refractivity (Wildman–Crippen MR) is 65.9 cm³/mol. The molecule has 2 unspecified atom stereocenters. The molecule has 3 aliphatic rings. The minimum absolute atomic E-state index is 0.878. The van der Waals surface area contributed by atoms with Gasteiger partial charge in [-0.05, 0) is 45.7 Å². The van der Waals surface area contributed by atoms with Gasteiger partial charge in [0.1, 0.15) is 0 Å². The highest BCUT2D eigenvalue weighted by Crippen LogP contribution is 2.33. The van der Waals surface area contributed by atoms with Gasteiger partial charge >= 0.3 is 0 Å². The third-order valence-corrected chi connectivity index (χ3v) is 5.19. The summed E-state index contributed by atoms with van der Waals surface area (Å²) in [7, 11) is 2.40. The van der Waals surface area contributed by atoms with Crippen LogP contribution >= 0.6 is 0 Å². The maximum Gasteiger partial charge on any atom is 0.155 e. The van der Waals surface area contributed by atoms with Gasteiger partial charge in [-0.15, -0.1) is 0 Å². The lowest BCUT2D eigenvalue weighted by molar-refractivity contribution is -0.919. The van der Waals surface area contributed by atoms with Crippen LogP contribution < -0.4 is 0 Å². The second-order valence-corrected chi connectivity index (χ2v) is 6.17. The number of likely N-dealkylation sites (tertiary alicyclic amines) is 1. The Morgan fingerprint density at radius 1 is 1.00 bits per heavy atom. The fourth-order valence-electron chi connectivity index (χ4n) is 3.66. The first-order valence-corrected chi connectivity index (χ1v) is 7.05. The van der Waals surface area contributed by atoms with Gasteiger partial charge in [-0.3, -0.25) is 0 Å². The number of piperidine rings is 1. The molecule has 3 saturated heterocycles. The van der Waals surface area contributed by atoms with Crippen molar-refractivity contribution in [2.45, 2.75) is 44.7 Å². The van der Waals surface area contributed by atoms with Crippen LogP contribution in [0.1, 0.15) is 32.6 Å². The zero-order valence-electron chi connectivity index (χ0n) is 10.9. The molecule has 92 valence electrons. The van der Waals surface area contributed by atoms with E-state index >= 15 is 0 Å². The lowest BCUT2D eigenvalue weighted by Gasteiger charge is -2.38. The fraction of sp³-hybridized carbons (Fsp3) is 1.00. The monoisotopic (exact) mass is 224 g/mol. The Balaban J connectivity index is 1.52. The van der Waals surface area contributed by atoms with Gasteiger partial charge in [0.15, 0.2) is 12.6 Å². The molecule has 3 heteroatoms. The van der Waals surface area contributed by atoms with E-state index < -0.39 is 0 Å². The normalized spacial score (nSPS) is 42.8. The third kappa shape index (κ3) is 1.79. The first-order chi connectivity index (χ1) is 7.70. The van der Waals surface area contributed by atoms with E-state index in [0.717, 1.165) is 12.1 Å². The molecule has 0 aromatic carbocycles. The van der Waals surface area contributed by atoms with Crippen molar-refractivity contribution in [3.63, 3.8) is 0 Å². The Labute approximate surface area is 99.6 Å². The average Bonchev–Trinajstić information content (AvgIpc) is 2.73. The first kappa shape index (κ1) is 11.0. The summed E-state index contributed by atoms with van der Waals surface area (Å²) in [5.41, 5.74) is 0. The smallest absolute Gasteiger partial charge is 0.155 e. The van der Waals surface area contributed by atoms with E-state index in [0.29, 0.717) is 0 Å². The van der Waals surface area contributed by atoms with Gasteiger partial charge in [-0.25, -0.2) is 4.59 Å². The van der Waals surface area contributed by atoms with E-state index in [1.165, 1.54) is 63.0 Å². The van der Waals surface area contributed by atoms with Crippen molar-refractivity contribution in [3.05, 3.63) is 0 Å². The maximum atomic E-state index is 2.74. The van der Waals surface area contributed by atoms with Gasteiger partial charge in [0.2, 0.25) is 0 Å². The molecule has 3 rings (SSSR count). The molecular weight excluding hydrogens is 198 g/mol. The zero-order valence-corrected chi connectivity index (χ0v) is 10.9. The number of quaternary nitrogens is 1. The first-order valence-electron chi connectivity index (χ1n) is 7.05. The van der Waals surface area contributed by atoms with E-state index in [-0.39, 0.29) is 0 Å². The Morgan fingerprint density at radius 2 is 1.56 bits per heavy atom. The number of rotatable bonds is 2.